The summed E-state index contributed by atoms with van der Waals surface area (Å²) in [4.78, 5) is 24.4. The fraction of sp³-hybridized carbons (Fsp3) is 0.500. The molecule has 0 saturated carbocycles. The maximum absolute atomic E-state index is 12.4. The molecule has 2 atom stereocenters. The second-order valence-electron chi connectivity index (χ2n) is 5.16. The van der Waals surface area contributed by atoms with E-state index in [0.29, 0.717) is 5.56 Å². The molecule has 1 N–H and O–H groups in total. The van der Waals surface area contributed by atoms with Crippen molar-refractivity contribution in [2.45, 2.75) is 39.0 Å². The zero-order chi connectivity index (χ0) is 16.0. The molecule has 0 spiro atoms. The van der Waals surface area contributed by atoms with Gasteiger partial charge in [0.25, 0.3) is 0 Å². The Kier molecular flexibility index (Phi) is 6.40. The van der Waals surface area contributed by atoms with Gasteiger partial charge in [-0.3, -0.25) is 9.59 Å². The third kappa shape index (κ3) is 3.84. The van der Waals surface area contributed by atoms with Gasteiger partial charge in [-0.25, -0.2) is 0 Å². The first-order valence-electron chi connectivity index (χ1n) is 7.05. The van der Waals surface area contributed by atoms with Crippen LogP contribution >= 0.6 is 15.9 Å². The zero-order valence-electron chi connectivity index (χ0n) is 12.6. The van der Waals surface area contributed by atoms with Crippen LogP contribution in [0.4, 0.5) is 0 Å². The molecule has 1 aromatic rings. The van der Waals surface area contributed by atoms with Gasteiger partial charge in [0.1, 0.15) is 0 Å². The lowest BCUT2D eigenvalue weighted by molar-refractivity contribution is -0.162. The first-order valence-corrected chi connectivity index (χ1v) is 7.84. The molecule has 0 aliphatic rings. The highest BCUT2D eigenvalue weighted by molar-refractivity contribution is 9.10. The predicted octanol–water partition coefficient (Wildman–Crippen LogP) is 3.77. The van der Waals surface area contributed by atoms with Gasteiger partial charge in [-0.15, -0.1) is 0 Å². The number of halogens is 1. The molecule has 0 bridgehead atoms. The maximum Gasteiger partial charge on any atom is 0.328 e. The highest BCUT2D eigenvalue weighted by atomic mass is 79.9. The molecule has 0 aliphatic heterocycles. The van der Waals surface area contributed by atoms with Crippen molar-refractivity contribution in [2.75, 3.05) is 6.61 Å². The number of rotatable bonds is 7. The quantitative estimate of drug-likeness (QED) is 0.596. The number of ether oxygens (including phenoxy) is 1. The van der Waals surface area contributed by atoms with Crippen LogP contribution in [-0.2, 0) is 19.7 Å². The SMILES string of the molecule is CCOC(=O)C(CC(C)CC)(C(=O)O)c1ccc(Br)cc1. The van der Waals surface area contributed by atoms with Crippen LogP contribution in [0, 0.1) is 5.92 Å². The fourth-order valence-electron chi connectivity index (χ4n) is 2.27. The van der Waals surface area contributed by atoms with Crippen LogP contribution in [-0.4, -0.2) is 23.7 Å². The van der Waals surface area contributed by atoms with Crippen LogP contribution in [0.2, 0.25) is 0 Å². The van der Waals surface area contributed by atoms with Crippen molar-refractivity contribution in [1.82, 2.24) is 0 Å². The summed E-state index contributed by atoms with van der Waals surface area (Å²) in [5.41, 5.74) is -1.19. The highest BCUT2D eigenvalue weighted by Gasteiger charge is 2.49. The molecule has 0 fully saturated rings. The Morgan fingerprint density at radius 2 is 1.86 bits per heavy atom. The van der Waals surface area contributed by atoms with Gasteiger partial charge in [0.05, 0.1) is 6.61 Å². The molecule has 0 heterocycles. The summed E-state index contributed by atoms with van der Waals surface area (Å²) in [5.74, 6) is -1.77. The highest BCUT2D eigenvalue weighted by Crippen LogP contribution is 2.35. The Bertz CT molecular complexity index is 498. The van der Waals surface area contributed by atoms with E-state index in [1.54, 1.807) is 31.2 Å². The molecule has 0 amide bonds. The van der Waals surface area contributed by atoms with E-state index in [0.717, 1.165) is 10.9 Å². The second-order valence-corrected chi connectivity index (χ2v) is 6.07. The average Bonchev–Trinajstić information content (AvgIpc) is 2.45. The summed E-state index contributed by atoms with van der Waals surface area (Å²) in [6.45, 7) is 5.75. The van der Waals surface area contributed by atoms with Crippen molar-refractivity contribution in [3.63, 3.8) is 0 Å². The van der Waals surface area contributed by atoms with Gasteiger partial charge in [-0.2, -0.15) is 0 Å². The van der Waals surface area contributed by atoms with E-state index < -0.39 is 17.4 Å². The van der Waals surface area contributed by atoms with Crippen LogP contribution in [0.3, 0.4) is 0 Å². The average molecular weight is 357 g/mol. The molecule has 5 heteroatoms. The van der Waals surface area contributed by atoms with Crippen LogP contribution in [0.1, 0.15) is 39.2 Å². The number of hydrogen-bond acceptors (Lipinski definition) is 3. The number of benzene rings is 1. The molecular formula is C16H21BrO4. The first-order chi connectivity index (χ1) is 9.88. The summed E-state index contributed by atoms with van der Waals surface area (Å²) in [7, 11) is 0. The third-order valence-corrected chi connectivity index (χ3v) is 4.21. The van der Waals surface area contributed by atoms with Gasteiger partial charge in [0.2, 0.25) is 0 Å². The van der Waals surface area contributed by atoms with Gasteiger partial charge in [-0.05, 0) is 37.0 Å². The molecule has 0 saturated heterocycles. The molecule has 1 aromatic carbocycles. The Morgan fingerprint density at radius 1 is 1.29 bits per heavy atom. The van der Waals surface area contributed by atoms with Gasteiger partial charge in [0.15, 0.2) is 5.41 Å². The second kappa shape index (κ2) is 7.59. The molecule has 0 aliphatic carbocycles. The zero-order valence-corrected chi connectivity index (χ0v) is 14.1. The minimum atomic E-state index is -1.65. The normalized spacial score (nSPS) is 15.0. The Labute approximate surface area is 133 Å². The number of carbonyl (C=O) groups excluding carboxylic acids is 1. The van der Waals surface area contributed by atoms with Gasteiger partial charge < -0.3 is 9.84 Å². The fourth-order valence-corrected chi connectivity index (χ4v) is 2.54. The number of carboxylic acids is 1. The molecular weight excluding hydrogens is 336 g/mol. The van der Waals surface area contributed by atoms with Crippen molar-refractivity contribution < 1.29 is 19.4 Å². The first kappa shape index (κ1) is 17.7. The van der Waals surface area contributed by atoms with E-state index in [2.05, 4.69) is 15.9 Å². The van der Waals surface area contributed by atoms with Gasteiger partial charge >= 0.3 is 11.9 Å². The largest absolute Gasteiger partial charge is 0.480 e. The number of carboxylic acid groups (broad SMARTS) is 1. The van der Waals surface area contributed by atoms with Crippen molar-refractivity contribution in [1.29, 1.82) is 0 Å². The summed E-state index contributed by atoms with van der Waals surface area (Å²) in [6.07, 6.45) is 1.02. The van der Waals surface area contributed by atoms with E-state index >= 15 is 0 Å². The maximum atomic E-state index is 12.4. The van der Waals surface area contributed by atoms with Gasteiger partial charge in [0, 0.05) is 4.47 Å². The van der Waals surface area contributed by atoms with Crippen molar-refractivity contribution in [2.24, 2.45) is 5.92 Å². The van der Waals surface area contributed by atoms with Crippen LogP contribution in [0.25, 0.3) is 0 Å². The topological polar surface area (TPSA) is 63.6 Å². The minimum absolute atomic E-state index is 0.0918. The molecule has 4 nitrogen and oxygen atoms in total. The van der Waals surface area contributed by atoms with E-state index in [1.807, 2.05) is 13.8 Å². The Balaban J connectivity index is 3.39. The lowest BCUT2D eigenvalue weighted by Gasteiger charge is -2.30. The van der Waals surface area contributed by atoms with E-state index in [9.17, 15) is 14.7 Å². The van der Waals surface area contributed by atoms with E-state index in [-0.39, 0.29) is 18.9 Å². The molecule has 116 valence electrons. The number of carbonyl (C=O) groups is 2. The van der Waals surface area contributed by atoms with Crippen LogP contribution in [0.5, 0.6) is 0 Å². The standard InChI is InChI=1S/C16H21BrO4/c1-4-11(3)10-16(14(18)19,15(20)21-5-2)12-6-8-13(17)9-7-12/h6-9,11H,4-5,10H2,1-3H3,(H,18,19). The summed E-state index contributed by atoms with van der Waals surface area (Å²) >= 11 is 3.32. The molecule has 2 unspecified atom stereocenters. The van der Waals surface area contributed by atoms with Crippen molar-refractivity contribution >= 4 is 27.9 Å². The van der Waals surface area contributed by atoms with Gasteiger partial charge in [-0.1, -0.05) is 48.3 Å². The summed E-state index contributed by atoms with van der Waals surface area (Å²) < 4.78 is 5.90. The third-order valence-electron chi connectivity index (χ3n) is 3.68. The molecule has 0 radical (unpaired) electrons. The molecule has 0 aromatic heterocycles. The predicted molar refractivity (Wildman–Crippen MR) is 84.2 cm³/mol. The Morgan fingerprint density at radius 3 is 2.29 bits per heavy atom. The monoisotopic (exact) mass is 356 g/mol. The van der Waals surface area contributed by atoms with Crippen LogP contribution < -0.4 is 0 Å². The van der Waals surface area contributed by atoms with Crippen molar-refractivity contribution in [3.8, 4) is 0 Å². The summed E-state index contributed by atoms with van der Waals surface area (Å²) in [5, 5.41) is 9.78. The number of hydrogen-bond donors (Lipinski definition) is 1. The molecule has 1 rings (SSSR count). The molecule has 21 heavy (non-hydrogen) atoms. The lowest BCUT2D eigenvalue weighted by atomic mass is 9.73. The number of aliphatic carboxylic acids is 1. The number of esters is 1. The van der Waals surface area contributed by atoms with E-state index in [4.69, 9.17) is 4.74 Å². The van der Waals surface area contributed by atoms with Crippen molar-refractivity contribution in [3.05, 3.63) is 34.3 Å². The minimum Gasteiger partial charge on any atom is -0.480 e. The summed E-state index contributed by atoms with van der Waals surface area (Å²) in [6, 6.07) is 6.81. The Hall–Kier alpha value is -1.36. The lowest BCUT2D eigenvalue weighted by Crippen LogP contribution is -2.46. The smallest absolute Gasteiger partial charge is 0.328 e. The van der Waals surface area contributed by atoms with Crippen LogP contribution in [0.15, 0.2) is 28.7 Å². The van der Waals surface area contributed by atoms with E-state index in [1.165, 1.54) is 0 Å².